The van der Waals surface area contributed by atoms with Gasteiger partial charge in [-0.2, -0.15) is 0 Å². The normalized spacial score (nSPS) is 28.3. The van der Waals surface area contributed by atoms with Crippen LogP contribution in [-0.4, -0.2) is 36.0 Å². The van der Waals surface area contributed by atoms with Gasteiger partial charge in [-0.25, -0.2) is 0 Å². The number of halogens is 1. The molecule has 1 N–H and O–H groups in total. The molecule has 7 rings (SSSR count). The summed E-state index contributed by atoms with van der Waals surface area (Å²) < 4.78 is 11.0. The van der Waals surface area contributed by atoms with E-state index in [0.717, 1.165) is 36.2 Å². The molecule has 0 bridgehead atoms. The summed E-state index contributed by atoms with van der Waals surface area (Å²) in [5.41, 5.74) is 2.14. The number of benzene rings is 3. The molecule has 4 atom stereocenters. The highest BCUT2D eigenvalue weighted by molar-refractivity contribution is 6.30. The van der Waals surface area contributed by atoms with Crippen LogP contribution in [-0.2, 0) is 10.3 Å². The van der Waals surface area contributed by atoms with Gasteiger partial charge in [0.2, 0.25) is 12.7 Å². The molecular formula is C28H23ClN2O4. The number of rotatable bonds is 3. The molecule has 1 spiro atoms. The molecule has 7 heteroatoms. The van der Waals surface area contributed by atoms with Gasteiger partial charge in [-0.05, 0) is 61.3 Å². The van der Waals surface area contributed by atoms with E-state index in [2.05, 4.69) is 10.2 Å². The van der Waals surface area contributed by atoms with Gasteiger partial charge in [0.1, 0.15) is 5.54 Å². The lowest BCUT2D eigenvalue weighted by atomic mass is 9.69. The predicted molar refractivity (Wildman–Crippen MR) is 131 cm³/mol. The number of ketones is 1. The highest BCUT2D eigenvalue weighted by atomic mass is 35.5. The first-order chi connectivity index (χ1) is 17.1. The lowest BCUT2D eigenvalue weighted by molar-refractivity contribution is -0.127. The lowest BCUT2D eigenvalue weighted by Crippen LogP contribution is -2.52. The van der Waals surface area contributed by atoms with Crippen LogP contribution in [0.1, 0.15) is 40.2 Å². The average molecular weight is 487 g/mol. The zero-order chi connectivity index (χ0) is 23.7. The molecule has 35 heavy (non-hydrogen) atoms. The van der Waals surface area contributed by atoms with Gasteiger partial charge in [0.25, 0.3) is 0 Å². The van der Waals surface area contributed by atoms with Crippen molar-refractivity contribution in [2.75, 3.05) is 18.7 Å². The Morgan fingerprint density at radius 1 is 1.03 bits per heavy atom. The number of nitrogens with zero attached hydrogens (tertiary/aromatic N) is 1. The van der Waals surface area contributed by atoms with Crippen molar-refractivity contribution in [2.45, 2.75) is 30.3 Å². The first-order valence-electron chi connectivity index (χ1n) is 12.0. The lowest BCUT2D eigenvalue weighted by Gasteiger charge is -2.36. The van der Waals surface area contributed by atoms with E-state index in [1.54, 1.807) is 18.2 Å². The van der Waals surface area contributed by atoms with E-state index >= 15 is 0 Å². The van der Waals surface area contributed by atoms with Gasteiger partial charge in [0.15, 0.2) is 17.3 Å². The number of para-hydroxylation sites is 1. The summed E-state index contributed by atoms with van der Waals surface area (Å²) in [7, 11) is 0. The Balaban J connectivity index is 1.46. The summed E-state index contributed by atoms with van der Waals surface area (Å²) in [6.45, 7) is 0.904. The molecule has 3 aromatic rings. The molecule has 1 amide bonds. The number of carbonyl (C=O) groups excluding carboxylic acids is 2. The maximum Gasteiger partial charge on any atom is 0.250 e. The Bertz CT molecular complexity index is 1370. The average Bonchev–Trinajstić information content (AvgIpc) is 3.63. The second-order valence-electron chi connectivity index (χ2n) is 9.66. The summed E-state index contributed by atoms with van der Waals surface area (Å²) in [6.07, 6.45) is 1.91. The number of amides is 1. The highest BCUT2D eigenvalue weighted by Gasteiger charge is 2.69. The Morgan fingerprint density at radius 3 is 2.69 bits per heavy atom. The van der Waals surface area contributed by atoms with Crippen molar-refractivity contribution >= 4 is 29.0 Å². The van der Waals surface area contributed by atoms with Crippen molar-refractivity contribution in [2.24, 2.45) is 5.92 Å². The van der Waals surface area contributed by atoms with E-state index in [4.69, 9.17) is 21.1 Å². The second-order valence-corrected chi connectivity index (χ2v) is 10.1. The molecule has 4 heterocycles. The van der Waals surface area contributed by atoms with Crippen molar-refractivity contribution in [3.63, 3.8) is 0 Å². The Kier molecular flexibility index (Phi) is 4.54. The van der Waals surface area contributed by atoms with Crippen LogP contribution in [0.4, 0.5) is 5.69 Å². The van der Waals surface area contributed by atoms with E-state index in [9.17, 15) is 9.59 Å². The third-order valence-electron chi connectivity index (χ3n) is 8.10. The van der Waals surface area contributed by atoms with Crippen LogP contribution in [0.15, 0.2) is 66.7 Å². The minimum absolute atomic E-state index is 0.0653. The summed E-state index contributed by atoms with van der Waals surface area (Å²) in [6, 6.07) is 20.9. The van der Waals surface area contributed by atoms with Gasteiger partial charge in [-0.3, -0.25) is 14.5 Å². The molecule has 3 aromatic carbocycles. The summed E-state index contributed by atoms with van der Waals surface area (Å²) in [4.78, 5) is 30.8. The van der Waals surface area contributed by atoms with Crippen molar-refractivity contribution in [1.82, 2.24) is 4.90 Å². The molecule has 6 nitrogen and oxygen atoms in total. The van der Waals surface area contributed by atoms with E-state index in [1.165, 1.54) is 0 Å². The zero-order valence-corrected chi connectivity index (χ0v) is 19.6. The fraction of sp³-hybridized carbons (Fsp3) is 0.286. The molecule has 4 aliphatic rings. The fourth-order valence-electron chi connectivity index (χ4n) is 6.80. The van der Waals surface area contributed by atoms with Gasteiger partial charge in [-0.15, -0.1) is 0 Å². The third-order valence-corrected chi connectivity index (χ3v) is 8.35. The molecule has 0 aliphatic carbocycles. The van der Waals surface area contributed by atoms with Crippen LogP contribution in [0.25, 0.3) is 0 Å². The SMILES string of the molecule is O=C(c1ccc2c(c1)OCO2)[C@@H]1[C@@H](c2ccc(Cl)cc2)[C@@H]2CCCN2[C@@]12C(=O)Nc1ccccc12. The summed E-state index contributed by atoms with van der Waals surface area (Å²) in [5, 5.41) is 3.75. The standard InChI is InChI=1S/C28H23ClN2O4/c29-18-10-7-16(8-11-18)24-21-6-3-13-31(21)28(19-4-1-2-5-20(19)30-27(28)33)25(24)26(32)17-9-12-22-23(14-17)35-15-34-22/h1-2,4-5,7-12,14,21,24-25H,3,6,13,15H2,(H,30,33)/t21-,24-,25-,28+/m0/s1. The van der Waals surface area contributed by atoms with Crippen molar-refractivity contribution in [3.05, 3.63) is 88.4 Å². The predicted octanol–water partition coefficient (Wildman–Crippen LogP) is 4.98. The number of fused-ring (bicyclic) bond motifs is 5. The zero-order valence-electron chi connectivity index (χ0n) is 18.9. The maximum absolute atomic E-state index is 14.5. The minimum Gasteiger partial charge on any atom is -0.454 e. The molecule has 0 radical (unpaired) electrons. The molecule has 2 saturated heterocycles. The monoisotopic (exact) mass is 486 g/mol. The largest absolute Gasteiger partial charge is 0.454 e. The Morgan fingerprint density at radius 2 is 1.83 bits per heavy atom. The van der Waals surface area contributed by atoms with Crippen molar-refractivity contribution in [1.29, 1.82) is 0 Å². The van der Waals surface area contributed by atoms with Crippen LogP contribution in [0.2, 0.25) is 5.02 Å². The van der Waals surface area contributed by atoms with E-state index < -0.39 is 11.5 Å². The van der Waals surface area contributed by atoms with Gasteiger partial charge >= 0.3 is 0 Å². The van der Waals surface area contributed by atoms with Gasteiger partial charge in [-0.1, -0.05) is 41.9 Å². The van der Waals surface area contributed by atoms with Crippen molar-refractivity contribution < 1.29 is 19.1 Å². The molecule has 4 aliphatic heterocycles. The molecular weight excluding hydrogens is 464 g/mol. The van der Waals surface area contributed by atoms with Crippen LogP contribution < -0.4 is 14.8 Å². The Hall–Kier alpha value is -3.35. The van der Waals surface area contributed by atoms with E-state index in [0.29, 0.717) is 22.1 Å². The minimum atomic E-state index is -1.07. The number of Topliss-reactive ketones (excluding diaryl/α,β-unsaturated/α-hetero) is 1. The fourth-order valence-corrected chi connectivity index (χ4v) is 6.93. The number of nitrogens with one attached hydrogen (secondary N) is 1. The summed E-state index contributed by atoms with van der Waals surface area (Å²) in [5.74, 6) is 0.220. The van der Waals surface area contributed by atoms with Gasteiger partial charge in [0, 0.05) is 33.8 Å². The number of hydrogen-bond acceptors (Lipinski definition) is 5. The number of hydrogen-bond donors (Lipinski definition) is 1. The topological polar surface area (TPSA) is 67.9 Å². The third kappa shape index (κ3) is 2.81. The molecule has 0 saturated carbocycles. The molecule has 0 aromatic heterocycles. The molecule has 2 fully saturated rings. The van der Waals surface area contributed by atoms with Gasteiger partial charge < -0.3 is 14.8 Å². The quantitative estimate of drug-likeness (QED) is 0.529. The molecule has 0 unspecified atom stereocenters. The maximum atomic E-state index is 14.5. The first-order valence-corrected chi connectivity index (χ1v) is 12.3. The summed E-state index contributed by atoms with van der Waals surface area (Å²) >= 11 is 6.22. The van der Waals surface area contributed by atoms with Crippen LogP contribution in [0, 0.1) is 5.92 Å². The van der Waals surface area contributed by atoms with E-state index in [-0.39, 0.29) is 30.4 Å². The number of anilines is 1. The Labute approximate surface area is 207 Å². The molecule has 176 valence electrons. The highest BCUT2D eigenvalue weighted by Crippen LogP contribution is 2.61. The van der Waals surface area contributed by atoms with Gasteiger partial charge in [0.05, 0.1) is 5.92 Å². The number of ether oxygens (including phenoxy) is 2. The van der Waals surface area contributed by atoms with Crippen LogP contribution in [0.3, 0.4) is 0 Å². The second kappa shape index (κ2) is 7.57. The van der Waals surface area contributed by atoms with Crippen molar-refractivity contribution in [3.8, 4) is 11.5 Å². The smallest absolute Gasteiger partial charge is 0.250 e. The number of carbonyl (C=O) groups is 2. The van der Waals surface area contributed by atoms with E-state index in [1.807, 2.05) is 48.5 Å². The van der Waals surface area contributed by atoms with Crippen LogP contribution in [0.5, 0.6) is 11.5 Å². The van der Waals surface area contributed by atoms with Crippen LogP contribution >= 0.6 is 11.6 Å². The first kappa shape index (κ1) is 21.0.